The van der Waals surface area contributed by atoms with Gasteiger partial charge in [0.05, 0.1) is 0 Å². The van der Waals surface area contributed by atoms with Crippen molar-refractivity contribution in [3.05, 3.63) is 72.9 Å². The monoisotopic (exact) mass is 352 g/mol. The number of aromatic nitrogens is 8. The van der Waals surface area contributed by atoms with Crippen molar-refractivity contribution < 1.29 is 0 Å². The summed E-state index contributed by atoms with van der Waals surface area (Å²) in [5, 5.41) is 0. The lowest BCUT2D eigenvalue weighted by Crippen LogP contribution is -2.65. The van der Waals surface area contributed by atoms with Gasteiger partial charge in [0, 0.05) is 49.6 Å². The smallest absolute Gasteiger partial charge is 0.309 e. The molecule has 0 N–H and O–H groups in total. The molecule has 0 aliphatic carbocycles. The Morgan fingerprint density at radius 1 is 0.520 bits per heavy atom. The molecule has 8 nitrogen and oxygen atoms in total. The fraction of sp³-hybridized carbons (Fsp3) is 0.250. The Kier molecular flexibility index (Phi) is 3.46. The predicted octanol–water partition coefficient (Wildman–Crippen LogP) is 1.63. The van der Waals surface area contributed by atoms with Crippen LogP contribution in [0.5, 0.6) is 0 Å². The molecule has 4 heterocycles. The molecule has 9 heteroatoms. The van der Waals surface area contributed by atoms with Crippen LogP contribution in [0, 0.1) is 27.7 Å². The average Bonchev–Trinajstić information content (AvgIpc) is 3.35. The van der Waals surface area contributed by atoms with Crippen LogP contribution < -0.4 is 0 Å². The van der Waals surface area contributed by atoms with Gasteiger partial charge in [-0.05, 0) is 27.7 Å². The van der Waals surface area contributed by atoms with E-state index in [2.05, 4.69) is 36.9 Å². The van der Waals surface area contributed by atoms with E-state index in [0.29, 0.717) is 0 Å². The molecule has 0 aliphatic rings. The molecule has 0 aromatic carbocycles. The maximum Gasteiger partial charge on any atom is 0.523 e. The quantitative estimate of drug-likeness (QED) is 0.524. The van der Waals surface area contributed by atoms with Crippen molar-refractivity contribution in [3.63, 3.8) is 0 Å². The highest BCUT2D eigenvalue weighted by atomic mass is 28.4. The van der Waals surface area contributed by atoms with Crippen LogP contribution in [0.2, 0.25) is 0 Å². The van der Waals surface area contributed by atoms with Gasteiger partial charge in [-0.2, -0.15) is 0 Å². The minimum Gasteiger partial charge on any atom is -0.309 e. The first-order chi connectivity index (χ1) is 12.1. The largest absolute Gasteiger partial charge is 0.523 e. The lowest BCUT2D eigenvalue weighted by atomic mass is 10.7. The molecular formula is C16H20N8Si. The maximum absolute atomic E-state index is 4.50. The van der Waals surface area contributed by atoms with E-state index in [-0.39, 0.29) is 0 Å². The normalized spacial score (nSPS) is 12.0. The Hall–Kier alpha value is -2.94. The van der Waals surface area contributed by atoms with Gasteiger partial charge >= 0.3 is 8.72 Å². The molecule has 0 spiro atoms. The SMILES string of the molecule is Cc1nccn1[Si](n1ccnc1C)(n1ccnc1C)n1ccnc1C. The first kappa shape index (κ1) is 15.6. The Labute approximate surface area is 146 Å². The number of hydrogen-bond acceptors (Lipinski definition) is 4. The summed E-state index contributed by atoms with van der Waals surface area (Å²) in [6.45, 7) is 8.08. The zero-order chi connectivity index (χ0) is 17.6. The van der Waals surface area contributed by atoms with Crippen LogP contribution in [0.1, 0.15) is 23.3 Å². The zero-order valence-corrected chi connectivity index (χ0v) is 15.7. The Morgan fingerprint density at radius 3 is 0.920 bits per heavy atom. The molecule has 4 rings (SSSR count). The van der Waals surface area contributed by atoms with Gasteiger partial charge in [-0.1, -0.05) is 0 Å². The molecule has 128 valence electrons. The van der Waals surface area contributed by atoms with Crippen LogP contribution in [-0.4, -0.2) is 45.6 Å². The van der Waals surface area contributed by atoms with Gasteiger partial charge in [-0.3, -0.25) is 0 Å². The van der Waals surface area contributed by atoms with Gasteiger partial charge in [0.15, 0.2) is 0 Å². The van der Waals surface area contributed by atoms with Crippen LogP contribution in [0.25, 0.3) is 0 Å². The highest BCUT2D eigenvalue weighted by Gasteiger charge is 2.49. The highest BCUT2D eigenvalue weighted by Crippen LogP contribution is 2.23. The molecule has 0 saturated heterocycles. The summed E-state index contributed by atoms with van der Waals surface area (Å²) in [6, 6.07) is 0. The maximum atomic E-state index is 4.50. The van der Waals surface area contributed by atoms with Crippen LogP contribution in [0.15, 0.2) is 49.6 Å². The second-order valence-corrected chi connectivity index (χ2v) is 9.11. The first-order valence-electron chi connectivity index (χ1n) is 8.08. The van der Waals surface area contributed by atoms with Gasteiger partial charge in [0.25, 0.3) is 0 Å². The first-order valence-corrected chi connectivity index (χ1v) is 9.87. The third kappa shape index (κ3) is 2.05. The summed E-state index contributed by atoms with van der Waals surface area (Å²) in [7, 11) is -2.85. The van der Waals surface area contributed by atoms with Crippen LogP contribution in [-0.2, 0) is 0 Å². The molecule has 0 aliphatic heterocycles. The molecule has 4 aromatic rings. The van der Waals surface area contributed by atoms with E-state index in [0.717, 1.165) is 23.3 Å². The molecule has 0 radical (unpaired) electrons. The zero-order valence-electron chi connectivity index (χ0n) is 14.7. The lowest BCUT2D eigenvalue weighted by molar-refractivity contribution is 0.756. The fourth-order valence-electron chi connectivity index (χ4n) is 3.48. The minimum atomic E-state index is -2.85. The third-order valence-electron chi connectivity index (χ3n) is 4.60. The van der Waals surface area contributed by atoms with Crippen LogP contribution in [0.3, 0.4) is 0 Å². The van der Waals surface area contributed by atoms with E-state index in [1.807, 2.05) is 77.3 Å². The number of nitrogens with zero attached hydrogens (tertiary/aromatic N) is 8. The second-order valence-electron chi connectivity index (χ2n) is 5.98. The van der Waals surface area contributed by atoms with Crippen molar-refractivity contribution in [3.8, 4) is 0 Å². The van der Waals surface area contributed by atoms with E-state index >= 15 is 0 Å². The topological polar surface area (TPSA) is 71.3 Å². The minimum absolute atomic E-state index is 0.931. The fourth-order valence-corrected chi connectivity index (χ4v) is 7.90. The van der Waals surface area contributed by atoms with E-state index in [1.54, 1.807) is 0 Å². The number of imidazole rings is 4. The summed E-state index contributed by atoms with van der Waals surface area (Å²) in [4.78, 5) is 18.0. The van der Waals surface area contributed by atoms with Crippen molar-refractivity contribution in [1.29, 1.82) is 0 Å². The second kappa shape index (κ2) is 5.55. The van der Waals surface area contributed by atoms with Crippen molar-refractivity contribution >= 4 is 8.72 Å². The number of aryl methyl sites for hydroxylation is 4. The predicted molar refractivity (Wildman–Crippen MR) is 95.2 cm³/mol. The Balaban J connectivity index is 2.21. The summed E-state index contributed by atoms with van der Waals surface area (Å²) in [6.07, 6.45) is 15.5. The van der Waals surface area contributed by atoms with E-state index in [9.17, 15) is 0 Å². The average molecular weight is 352 g/mol. The van der Waals surface area contributed by atoms with E-state index in [4.69, 9.17) is 0 Å². The molecule has 0 saturated carbocycles. The third-order valence-corrected chi connectivity index (χ3v) is 9.07. The van der Waals surface area contributed by atoms with Crippen molar-refractivity contribution in [1.82, 2.24) is 36.9 Å². The standard InChI is InChI=1S/C16H20N8Si/c1-13-17-5-9-21(13)25(22-10-6-18-14(22)2,23-11-7-19-15(23)3)24-12-8-20-16(24)4/h5-12H,1-4H3. The summed E-state index contributed by atoms with van der Waals surface area (Å²) in [5.41, 5.74) is 0. The summed E-state index contributed by atoms with van der Waals surface area (Å²) in [5.74, 6) is 3.73. The molecule has 4 aromatic heterocycles. The number of rotatable bonds is 4. The summed E-state index contributed by atoms with van der Waals surface area (Å²) >= 11 is 0. The Bertz CT molecular complexity index is 854. The van der Waals surface area contributed by atoms with Crippen LogP contribution >= 0.6 is 0 Å². The van der Waals surface area contributed by atoms with Crippen molar-refractivity contribution in [2.45, 2.75) is 27.7 Å². The van der Waals surface area contributed by atoms with Gasteiger partial charge in [0.2, 0.25) is 0 Å². The molecular weight excluding hydrogens is 332 g/mol. The van der Waals surface area contributed by atoms with Gasteiger partial charge < -0.3 is 16.9 Å². The highest BCUT2D eigenvalue weighted by molar-refractivity contribution is 6.74. The van der Waals surface area contributed by atoms with Crippen LogP contribution in [0.4, 0.5) is 0 Å². The molecule has 0 unspecified atom stereocenters. The van der Waals surface area contributed by atoms with Crippen molar-refractivity contribution in [2.24, 2.45) is 0 Å². The van der Waals surface area contributed by atoms with Crippen molar-refractivity contribution in [2.75, 3.05) is 0 Å². The molecule has 0 bridgehead atoms. The van der Waals surface area contributed by atoms with Gasteiger partial charge in [-0.15, -0.1) is 0 Å². The molecule has 0 atom stereocenters. The molecule has 0 fully saturated rings. The van der Waals surface area contributed by atoms with Gasteiger partial charge in [0.1, 0.15) is 23.3 Å². The van der Waals surface area contributed by atoms with E-state index in [1.165, 1.54) is 0 Å². The number of hydrogen-bond donors (Lipinski definition) is 0. The molecule has 25 heavy (non-hydrogen) atoms. The Morgan fingerprint density at radius 2 is 0.760 bits per heavy atom. The van der Waals surface area contributed by atoms with E-state index < -0.39 is 8.72 Å². The van der Waals surface area contributed by atoms with Gasteiger partial charge in [-0.25, -0.2) is 19.9 Å². The molecule has 0 amide bonds. The lowest BCUT2D eigenvalue weighted by Gasteiger charge is -2.37. The summed E-state index contributed by atoms with van der Waals surface area (Å²) < 4.78 is 8.96.